The zero-order valence-corrected chi connectivity index (χ0v) is 9.64. The van der Waals surface area contributed by atoms with Crippen LogP contribution in [0, 0.1) is 0 Å². The van der Waals surface area contributed by atoms with Crippen molar-refractivity contribution in [1.82, 2.24) is 0 Å². The molecule has 4 nitrogen and oxygen atoms in total. The Hall–Kier alpha value is -1.39. The summed E-state index contributed by atoms with van der Waals surface area (Å²) in [6, 6.07) is 9.69. The van der Waals surface area contributed by atoms with Crippen LogP contribution in [0.25, 0.3) is 0 Å². The van der Waals surface area contributed by atoms with Crippen molar-refractivity contribution in [2.75, 3.05) is 14.2 Å². The van der Waals surface area contributed by atoms with E-state index >= 15 is 0 Å². The van der Waals surface area contributed by atoms with Gasteiger partial charge in [-0.15, -0.1) is 0 Å². The monoisotopic (exact) mass is 221 g/mol. The van der Waals surface area contributed by atoms with Crippen molar-refractivity contribution in [1.29, 1.82) is 0 Å². The molecule has 1 aromatic rings. The summed E-state index contributed by atoms with van der Waals surface area (Å²) in [6.07, 6.45) is -0.437. The van der Waals surface area contributed by atoms with E-state index in [-0.39, 0.29) is 0 Å². The van der Waals surface area contributed by atoms with E-state index in [0.717, 1.165) is 5.56 Å². The molecule has 0 saturated carbocycles. The molecule has 0 spiro atoms. The average molecular weight is 221 g/mol. The second kappa shape index (κ2) is 4.23. The van der Waals surface area contributed by atoms with Crippen molar-refractivity contribution in [3.05, 3.63) is 35.9 Å². The minimum absolute atomic E-state index is 0.437. The molecule has 0 radical (unpaired) electrons. The summed E-state index contributed by atoms with van der Waals surface area (Å²) in [5.41, 5.74) is 0.922. The van der Waals surface area contributed by atoms with Crippen LogP contribution in [0.4, 0.5) is 0 Å². The van der Waals surface area contributed by atoms with Crippen LogP contribution in [0.5, 0.6) is 0 Å². The molecule has 0 bridgehead atoms. The predicted octanol–water partition coefficient (Wildman–Crippen LogP) is 1.80. The topological polar surface area (TPSA) is 40.0 Å². The molecule has 16 heavy (non-hydrogen) atoms. The Kier molecular flexibility index (Phi) is 2.94. The molecular formula is C12H15NO3. The average Bonchev–Trinajstić information content (AvgIpc) is 2.68. The van der Waals surface area contributed by atoms with Gasteiger partial charge >= 0.3 is 0 Å². The number of hydrogen-bond donors (Lipinski definition) is 0. The molecule has 0 N–H and O–H groups in total. The molecule has 1 heterocycles. The van der Waals surface area contributed by atoms with E-state index in [1.165, 1.54) is 0 Å². The first kappa shape index (κ1) is 11.1. The van der Waals surface area contributed by atoms with Gasteiger partial charge in [0.25, 0.3) is 5.79 Å². The number of rotatable bonds is 3. The van der Waals surface area contributed by atoms with E-state index in [2.05, 4.69) is 4.99 Å². The molecule has 0 aliphatic carbocycles. The predicted molar refractivity (Wildman–Crippen MR) is 60.3 cm³/mol. The molecule has 0 saturated heterocycles. The summed E-state index contributed by atoms with van der Waals surface area (Å²) in [4.78, 5) is 4.35. The van der Waals surface area contributed by atoms with E-state index < -0.39 is 12.0 Å². The minimum atomic E-state index is -0.847. The van der Waals surface area contributed by atoms with Gasteiger partial charge in [-0.25, -0.2) is 4.99 Å². The molecule has 4 heteroatoms. The van der Waals surface area contributed by atoms with Crippen molar-refractivity contribution < 1.29 is 14.2 Å². The van der Waals surface area contributed by atoms with Crippen molar-refractivity contribution in [2.45, 2.75) is 18.9 Å². The largest absolute Gasteiger partial charge is 0.440 e. The van der Waals surface area contributed by atoms with E-state index in [1.54, 1.807) is 21.1 Å². The summed E-state index contributed by atoms with van der Waals surface area (Å²) in [5, 5.41) is 0. The van der Waals surface area contributed by atoms with Gasteiger partial charge in [-0.3, -0.25) is 0 Å². The first-order valence-corrected chi connectivity index (χ1v) is 5.10. The maximum atomic E-state index is 5.69. The van der Waals surface area contributed by atoms with Gasteiger partial charge in [-0.1, -0.05) is 18.2 Å². The SMILES string of the molecule is CO[C@H]1N=C(c2ccccc2)O[C@@]1(C)OC. The number of benzene rings is 1. The van der Waals surface area contributed by atoms with Crippen molar-refractivity contribution >= 4 is 5.90 Å². The summed E-state index contributed by atoms with van der Waals surface area (Å²) in [5.74, 6) is -0.295. The molecule has 0 fully saturated rings. The Balaban J connectivity index is 2.27. The Morgan fingerprint density at radius 1 is 1.25 bits per heavy atom. The highest BCUT2D eigenvalue weighted by atomic mass is 16.7. The van der Waals surface area contributed by atoms with E-state index in [4.69, 9.17) is 14.2 Å². The molecule has 0 unspecified atom stereocenters. The van der Waals surface area contributed by atoms with Gasteiger partial charge in [0.15, 0.2) is 0 Å². The zero-order valence-electron chi connectivity index (χ0n) is 9.64. The van der Waals surface area contributed by atoms with E-state index in [0.29, 0.717) is 5.90 Å². The number of hydrogen-bond acceptors (Lipinski definition) is 4. The lowest BCUT2D eigenvalue weighted by Gasteiger charge is -2.26. The van der Waals surface area contributed by atoms with Crippen LogP contribution in [0.1, 0.15) is 12.5 Å². The highest BCUT2D eigenvalue weighted by molar-refractivity contribution is 5.95. The van der Waals surface area contributed by atoms with Crippen LogP contribution >= 0.6 is 0 Å². The standard InChI is InChI=1S/C12H15NO3/c1-12(15-3)11(14-2)13-10(16-12)9-7-5-4-6-8-9/h4-8,11H,1-3H3/t11-,12-/m1/s1. The minimum Gasteiger partial charge on any atom is -0.440 e. The molecular weight excluding hydrogens is 206 g/mol. The van der Waals surface area contributed by atoms with Crippen LogP contribution in [-0.4, -0.2) is 32.1 Å². The lowest BCUT2D eigenvalue weighted by atomic mass is 10.2. The molecule has 2 atom stereocenters. The first-order valence-electron chi connectivity index (χ1n) is 5.10. The third-order valence-corrected chi connectivity index (χ3v) is 2.63. The lowest BCUT2D eigenvalue weighted by Crippen LogP contribution is -2.40. The van der Waals surface area contributed by atoms with Crippen molar-refractivity contribution in [3.8, 4) is 0 Å². The van der Waals surface area contributed by atoms with Crippen LogP contribution in [0.3, 0.4) is 0 Å². The van der Waals surface area contributed by atoms with Crippen LogP contribution in [-0.2, 0) is 14.2 Å². The highest BCUT2D eigenvalue weighted by Crippen LogP contribution is 2.28. The van der Waals surface area contributed by atoms with Gasteiger partial charge in [0, 0.05) is 26.7 Å². The maximum absolute atomic E-state index is 5.69. The molecule has 1 aromatic carbocycles. The van der Waals surface area contributed by atoms with Gasteiger partial charge in [-0.05, 0) is 12.1 Å². The highest BCUT2D eigenvalue weighted by Gasteiger charge is 2.43. The lowest BCUT2D eigenvalue weighted by molar-refractivity contribution is -0.207. The number of methoxy groups -OCH3 is 2. The fourth-order valence-corrected chi connectivity index (χ4v) is 1.62. The Bertz CT molecular complexity index is 391. The van der Waals surface area contributed by atoms with Gasteiger partial charge < -0.3 is 14.2 Å². The zero-order chi connectivity index (χ0) is 11.6. The van der Waals surface area contributed by atoms with Crippen LogP contribution in [0.15, 0.2) is 35.3 Å². The van der Waals surface area contributed by atoms with Crippen molar-refractivity contribution in [2.24, 2.45) is 4.99 Å². The van der Waals surface area contributed by atoms with Gasteiger partial charge in [0.2, 0.25) is 12.1 Å². The van der Waals surface area contributed by atoms with Gasteiger partial charge in [-0.2, -0.15) is 0 Å². The number of nitrogens with zero attached hydrogens (tertiary/aromatic N) is 1. The van der Waals surface area contributed by atoms with Crippen LogP contribution < -0.4 is 0 Å². The molecule has 1 aliphatic heterocycles. The molecule has 2 rings (SSSR count). The van der Waals surface area contributed by atoms with Gasteiger partial charge in [0.1, 0.15) is 0 Å². The fraction of sp³-hybridized carbons (Fsp3) is 0.417. The van der Waals surface area contributed by atoms with Gasteiger partial charge in [0.05, 0.1) is 0 Å². The van der Waals surface area contributed by atoms with E-state index in [1.807, 2.05) is 30.3 Å². The third kappa shape index (κ3) is 1.81. The first-order chi connectivity index (χ1) is 7.69. The number of aliphatic imine (C=N–C) groups is 1. The van der Waals surface area contributed by atoms with Crippen molar-refractivity contribution in [3.63, 3.8) is 0 Å². The number of ether oxygens (including phenoxy) is 3. The van der Waals surface area contributed by atoms with Crippen LogP contribution in [0.2, 0.25) is 0 Å². The molecule has 0 aromatic heterocycles. The smallest absolute Gasteiger partial charge is 0.256 e. The molecule has 1 aliphatic rings. The second-order valence-electron chi connectivity index (χ2n) is 3.71. The Morgan fingerprint density at radius 2 is 1.94 bits per heavy atom. The quantitative estimate of drug-likeness (QED) is 0.781. The summed E-state index contributed by atoms with van der Waals surface area (Å²) >= 11 is 0. The Morgan fingerprint density at radius 3 is 2.44 bits per heavy atom. The molecule has 86 valence electrons. The maximum Gasteiger partial charge on any atom is 0.256 e. The summed E-state index contributed by atoms with van der Waals surface area (Å²) < 4.78 is 16.2. The fourth-order valence-electron chi connectivity index (χ4n) is 1.62. The van der Waals surface area contributed by atoms with E-state index in [9.17, 15) is 0 Å². The summed E-state index contributed by atoms with van der Waals surface area (Å²) in [6.45, 7) is 1.81. The molecule has 0 amide bonds. The Labute approximate surface area is 94.9 Å². The normalized spacial score (nSPS) is 28.7. The summed E-state index contributed by atoms with van der Waals surface area (Å²) in [7, 11) is 3.16. The third-order valence-electron chi connectivity index (χ3n) is 2.63. The second-order valence-corrected chi connectivity index (χ2v) is 3.71.